The first-order chi connectivity index (χ1) is 13.9. The van der Waals surface area contributed by atoms with Crippen molar-refractivity contribution in [1.29, 1.82) is 0 Å². The summed E-state index contributed by atoms with van der Waals surface area (Å²) in [6, 6.07) is -2.74. The van der Waals surface area contributed by atoms with Gasteiger partial charge in [0, 0.05) is 13.0 Å². The largest absolute Gasteiger partial charge is 0.481 e. The quantitative estimate of drug-likeness (QED) is 0.0837. The first kappa shape index (κ1) is 33.8. The zero-order valence-electron chi connectivity index (χ0n) is 17.8. The summed E-state index contributed by atoms with van der Waals surface area (Å²) in [5.41, 5.74) is 10.3. The molecule has 0 spiro atoms. The van der Waals surface area contributed by atoms with E-state index in [1.54, 1.807) is 13.8 Å². The van der Waals surface area contributed by atoms with Gasteiger partial charge in [0.15, 0.2) is 5.96 Å². The summed E-state index contributed by atoms with van der Waals surface area (Å²) < 4.78 is 0. The molecule has 0 aliphatic carbocycles. The first-order valence-corrected chi connectivity index (χ1v) is 9.30. The molecule has 15 heteroatoms. The second kappa shape index (κ2) is 17.8. The van der Waals surface area contributed by atoms with E-state index in [4.69, 9.17) is 21.7 Å². The zero-order chi connectivity index (χ0) is 23.3. The van der Waals surface area contributed by atoms with Crippen LogP contribution in [0.2, 0.25) is 0 Å². The highest BCUT2D eigenvalue weighted by atomic mass is 35.5. The minimum atomic E-state index is -1.49. The molecule has 186 valence electrons. The summed E-state index contributed by atoms with van der Waals surface area (Å²) in [5.74, 6) is -5.31. The van der Waals surface area contributed by atoms with Crippen LogP contribution in [0.25, 0.3) is 0 Å². The highest BCUT2D eigenvalue weighted by Gasteiger charge is 2.29. The van der Waals surface area contributed by atoms with Crippen molar-refractivity contribution in [2.45, 2.75) is 51.6 Å². The SMILES string of the molecule is CC(C)[C@H](NC(=O)[C@H](CC(=O)O)NC(=O)CNC(=O)CCCCN=C(N)N)C(=O)O.Cl.Cl. The Balaban J connectivity index is -0.00000420. The fraction of sp³-hybridized carbons (Fsp3) is 0.647. The maximum atomic E-state index is 12.3. The van der Waals surface area contributed by atoms with Crippen molar-refractivity contribution in [3.05, 3.63) is 0 Å². The van der Waals surface area contributed by atoms with Gasteiger partial charge in [-0.25, -0.2) is 4.79 Å². The van der Waals surface area contributed by atoms with E-state index in [0.29, 0.717) is 19.4 Å². The standard InChI is InChI=1S/C17H30N6O7.2ClH/c1-9(2)14(16(29)30)23-15(28)10(7-13(26)27)22-12(25)8-21-11(24)5-3-4-6-20-17(18)19;;/h9-10,14H,3-8H2,1-2H3,(H,21,24)(H,22,25)(H,23,28)(H,26,27)(H,29,30)(H4,18,19,20);2*1H/t10-,14-;;/m0../s1. The number of hydrogen-bond acceptors (Lipinski definition) is 6. The Morgan fingerprint density at radius 3 is 2.00 bits per heavy atom. The van der Waals surface area contributed by atoms with Crippen molar-refractivity contribution < 1.29 is 34.2 Å². The summed E-state index contributed by atoms with van der Waals surface area (Å²) in [5, 5.41) is 24.8. The molecule has 0 aromatic rings. The molecule has 0 aromatic carbocycles. The Bertz CT molecular complexity index is 672. The maximum absolute atomic E-state index is 12.3. The number of nitrogens with one attached hydrogen (secondary N) is 3. The van der Waals surface area contributed by atoms with Gasteiger partial charge in [0.1, 0.15) is 12.1 Å². The van der Waals surface area contributed by atoms with Gasteiger partial charge in [-0.15, -0.1) is 24.8 Å². The van der Waals surface area contributed by atoms with Crippen LogP contribution >= 0.6 is 24.8 Å². The van der Waals surface area contributed by atoms with Crippen LogP contribution in [0.5, 0.6) is 0 Å². The van der Waals surface area contributed by atoms with E-state index in [9.17, 15) is 24.0 Å². The number of guanidine groups is 1. The Morgan fingerprint density at radius 1 is 0.938 bits per heavy atom. The third-order valence-electron chi connectivity index (χ3n) is 3.81. The maximum Gasteiger partial charge on any atom is 0.326 e. The third-order valence-corrected chi connectivity index (χ3v) is 3.81. The van der Waals surface area contributed by atoms with Crippen molar-refractivity contribution in [3.63, 3.8) is 0 Å². The van der Waals surface area contributed by atoms with Gasteiger partial charge in [0.25, 0.3) is 0 Å². The van der Waals surface area contributed by atoms with Crippen LogP contribution < -0.4 is 27.4 Å². The van der Waals surface area contributed by atoms with E-state index in [0.717, 1.165) is 0 Å². The zero-order valence-corrected chi connectivity index (χ0v) is 19.5. The molecule has 0 rings (SSSR count). The van der Waals surface area contributed by atoms with Gasteiger partial charge in [0.2, 0.25) is 17.7 Å². The summed E-state index contributed by atoms with van der Waals surface area (Å²) in [6.07, 6.45) is 0.431. The lowest BCUT2D eigenvalue weighted by Gasteiger charge is -2.22. The van der Waals surface area contributed by atoms with Gasteiger partial charge in [0.05, 0.1) is 13.0 Å². The molecular weight excluding hydrogens is 471 g/mol. The minimum absolute atomic E-state index is 0. The van der Waals surface area contributed by atoms with Crippen LogP contribution in [-0.4, -0.2) is 71.0 Å². The summed E-state index contributed by atoms with van der Waals surface area (Å²) >= 11 is 0. The van der Waals surface area contributed by atoms with E-state index in [-0.39, 0.29) is 37.2 Å². The van der Waals surface area contributed by atoms with E-state index in [1.807, 2.05) is 0 Å². The van der Waals surface area contributed by atoms with Crippen molar-refractivity contribution in [2.75, 3.05) is 13.1 Å². The van der Waals surface area contributed by atoms with E-state index in [1.165, 1.54) is 0 Å². The number of aliphatic carboxylic acids is 2. The molecule has 0 saturated carbocycles. The van der Waals surface area contributed by atoms with Crippen LogP contribution in [0.3, 0.4) is 0 Å². The number of carboxylic acids is 2. The van der Waals surface area contributed by atoms with Crippen LogP contribution in [0.1, 0.15) is 39.5 Å². The second-order valence-corrected chi connectivity index (χ2v) is 6.83. The van der Waals surface area contributed by atoms with E-state index >= 15 is 0 Å². The monoisotopic (exact) mass is 502 g/mol. The number of amides is 3. The average Bonchev–Trinajstić information content (AvgIpc) is 2.62. The molecule has 0 fully saturated rings. The smallest absolute Gasteiger partial charge is 0.326 e. The average molecular weight is 503 g/mol. The van der Waals surface area contributed by atoms with Crippen molar-refractivity contribution in [2.24, 2.45) is 22.4 Å². The molecule has 2 atom stereocenters. The second-order valence-electron chi connectivity index (χ2n) is 6.83. The number of carbonyl (C=O) groups is 5. The number of aliphatic imine (C=N–C) groups is 1. The predicted molar refractivity (Wildman–Crippen MR) is 121 cm³/mol. The highest BCUT2D eigenvalue weighted by Crippen LogP contribution is 2.03. The Hall–Kier alpha value is -2.80. The summed E-state index contributed by atoms with van der Waals surface area (Å²) in [4.78, 5) is 61.9. The Kier molecular flexibility index (Phi) is 18.9. The lowest BCUT2D eigenvalue weighted by molar-refractivity contribution is -0.144. The topological polar surface area (TPSA) is 226 Å². The normalized spacial score (nSPS) is 11.6. The van der Waals surface area contributed by atoms with Crippen molar-refractivity contribution in [1.82, 2.24) is 16.0 Å². The molecule has 0 aliphatic heterocycles. The number of hydrogen-bond donors (Lipinski definition) is 7. The number of halogens is 2. The fourth-order valence-electron chi connectivity index (χ4n) is 2.27. The predicted octanol–water partition coefficient (Wildman–Crippen LogP) is -1.43. The lowest BCUT2D eigenvalue weighted by atomic mass is 10.0. The number of unbranched alkanes of at least 4 members (excludes halogenated alkanes) is 1. The molecule has 13 nitrogen and oxygen atoms in total. The van der Waals surface area contributed by atoms with Gasteiger partial charge >= 0.3 is 11.9 Å². The Labute approximate surface area is 198 Å². The lowest BCUT2D eigenvalue weighted by Crippen LogP contribution is -2.54. The van der Waals surface area contributed by atoms with Crippen LogP contribution in [0.15, 0.2) is 4.99 Å². The molecule has 32 heavy (non-hydrogen) atoms. The van der Waals surface area contributed by atoms with Gasteiger partial charge in [-0.2, -0.15) is 0 Å². The minimum Gasteiger partial charge on any atom is -0.481 e. The Morgan fingerprint density at radius 2 is 1.53 bits per heavy atom. The molecule has 0 radical (unpaired) electrons. The van der Waals surface area contributed by atoms with Gasteiger partial charge < -0.3 is 37.6 Å². The number of carbonyl (C=O) groups excluding carboxylic acids is 3. The third kappa shape index (κ3) is 16.0. The van der Waals surface area contributed by atoms with Crippen molar-refractivity contribution >= 4 is 60.4 Å². The fourth-order valence-corrected chi connectivity index (χ4v) is 2.27. The molecule has 9 N–H and O–H groups in total. The molecule has 0 bridgehead atoms. The van der Waals surface area contributed by atoms with E-state index < -0.39 is 60.6 Å². The number of carboxylic acid groups (broad SMARTS) is 2. The molecular formula is C17H32Cl2N6O7. The number of nitrogens with two attached hydrogens (primary N) is 2. The molecule has 3 amide bonds. The molecule has 0 saturated heterocycles. The molecule has 0 heterocycles. The summed E-state index contributed by atoms with van der Waals surface area (Å²) in [7, 11) is 0. The number of rotatable bonds is 14. The summed E-state index contributed by atoms with van der Waals surface area (Å²) in [6.45, 7) is 3.03. The van der Waals surface area contributed by atoms with Crippen LogP contribution in [0, 0.1) is 5.92 Å². The van der Waals surface area contributed by atoms with Gasteiger partial charge in [-0.05, 0) is 18.8 Å². The number of nitrogens with zero attached hydrogens (tertiary/aromatic N) is 1. The molecule has 0 unspecified atom stereocenters. The van der Waals surface area contributed by atoms with E-state index in [2.05, 4.69) is 20.9 Å². The molecule has 0 aromatic heterocycles. The van der Waals surface area contributed by atoms with Crippen LogP contribution in [-0.2, 0) is 24.0 Å². The van der Waals surface area contributed by atoms with Gasteiger partial charge in [-0.3, -0.25) is 24.2 Å². The molecule has 0 aliphatic rings. The first-order valence-electron chi connectivity index (χ1n) is 9.30. The van der Waals surface area contributed by atoms with Gasteiger partial charge in [-0.1, -0.05) is 13.8 Å². The van der Waals surface area contributed by atoms with Crippen LogP contribution in [0.4, 0.5) is 0 Å². The highest BCUT2D eigenvalue weighted by molar-refractivity contribution is 5.94. The van der Waals surface area contributed by atoms with Crippen molar-refractivity contribution in [3.8, 4) is 0 Å².